The van der Waals surface area contributed by atoms with Gasteiger partial charge in [0.2, 0.25) is 0 Å². The first-order valence-corrected chi connectivity index (χ1v) is 7.97. The van der Waals surface area contributed by atoms with Crippen LogP contribution in [0.15, 0.2) is 24.3 Å². The number of aromatic nitrogens is 1. The van der Waals surface area contributed by atoms with E-state index in [-0.39, 0.29) is 5.41 Å². The minimum Gasteiger partial charge on any atom is -0.381 e. The van der Waals surface area contributed by atoms with Crippen LogP contribution in [-0.2, 0) is 11.3 Å². The SMILES string of the molecule is CNCC1(Cn2c(C=O)cc3ccc(C=O)cc32)CCOCC1. The lowest BCUT2D eigenvalue weighted by atomic mass is 9.80. The number of nitrogens with one attached hydrogen (secondary N) is 1. The number of carbonyl (C=O) groups excluding carboxylic acids is 2. The zero-order chi connectivity index (χ0) is 16.3. The van der Waals surface area contributed by atoms with E-state index in [0.29, 0.717) is 11.3 Å². The summed E-state index contributed by atoms with van der Waals surface area (Å²) in [7, 11) is 1.95. The van der Waals surface area contributed by atoms with Gasteiger partial charge in [-0.15, -0.1) is 0 Å². The molecule has 3 rings (SSSR count). The monoisotopic (exact) mass is 314 g/mol. The second-order valence-electron chi connectivity index (χ2n) is 6.35. The third-order valence-corrected chi connectivity index (χ3v) is 4.82. The van der Waals surface area contributed by atoms with Crippen LogP contribution in [0.1, 0.15) is 33.7 Å². The summed E-state index contributed by atoms with van der Waals surface area (Å²) in [6.07, 6.45) is 3.65. The maximum Gasteiger partial charge on any atom is 0.166 e. The summed E-state index contributed by atoms with van der Waals surface area (Å²) in [6.45, 7) is 3.12. The number of hydrogen-bond donors (Lipinski definition) is 1. The summed E-state index contributed by atoms with van der Waals surface area (Å²) in [6, 6.07) is 7.44. The molecule has 122 valence electrons. The van der Waals surface area contributed by atoms with Crippen LogP contribution in [0.2, 0.25) is 0 Å². The van der Waals surface area contributed by atoms with Crippen molar-refractivity contribution in [3.05, 3.63) is 35.5 Å². The number of aldehydes is 2. The first kappa shape index (κ1) is 15.9. The molecule has 1 aromatic carbocycles. The van der Waals surface area contributed by atoms with Crippen LogP contribution in [0, 0.1) is 5.41 Å². The van der Waals surface area contributed by atoms with E-state index in [1.165, 1.54) is 0 Å². The third kappa shape index (κ3) is 3.07. The molecule has 0 aliphatic carbocycles. The van der Waals surface area contributed by atoms with Crippen molar-refractivity contribution >= 4 is 23.5 Å². The molecule has 1 N–H and O–H groups in total. The average Bonchev–Trinajstić information content (AvgIpc) is 2.92. The Kier molecular flexibility index (Phi) is 4.59. The molecule has 1 fully saturated rings. The van der Waals surface area contributed by atoms with Gasteiger partial charge in [0.25, 0.3) is 0 Å². The second kappa shape index (κ2) is 6.64. The molecule has 2 heterocycles. The summed E-state index contributed by atoms with van der Waals surface area (Å²) < 4.78 is 7.57. The van der Waals surface area contributed by atoms with Gasteiger partial charge in [-0.1, -0.05) is 12.1 Å². The molecule has 0 unspecified atom stereocenters. The Morgan fingerprint density at radius 2 is 2.00 bits per heavy atom. The molecule has 0 spiro atoms. The number of nitrogens with zero attached hydrogens (tertiary/aromatic N) is 1. The molecule has 1 aliphatic heterocycles. The number of fused-ring (bicyclic) bond motifs is 1. The van der Waals surface area contributed by atoms with Crippen molar-refractivity contribution in [3.63, 3.8) is 0 Å². The third-order valence-electron chi connectivity index (χ3n) is 4.82. The van der Waals surface area contributed by atoms with Crippen LogP contribution in [-0.4, -0.2) is 43.9 Å². The van der Waals surface area contributed by atoms with E-state index < -0.39 is 0 Å². The molecule has 0 saturated carbocycles. The van der Waals surface area contributed by atoms with Gasteiger partial charge in [-0.3, -0.25) is 9.59 Å². The molecule has 1 aliphatic rings. The lowest BCUT2D eigenvalue weighted by molar-refractivity contribution is 0.00726. The second-order valence-corrected chi connectivity index (χ2v) is 6.35. The fourth-order valence-electron chi connectivity index (χ4n) is 3.55. The van der Waals surface area contributed by atoms with E-state index in [2.05, 4.69) is 9.88 Å². The summed E-state index contributed by atoms with van der Waals surface area (Å²) >= 11 is 0. The molecule has 2 aromatic rings. The smallest absolute Gasteiger partial charge is 0.166 e. The number of hydrogen-bond acceptors (Lipinski definition) is 4. The number of ether oxygens (including phenoxy) is 1. The molecular formula is C18H22N2O3. The average molecular weight is 314 g/mol. The maximum atomic E-state index is 11.5. The summed E-state index contributed by atoms with van der Waals surface area (Å²) in [5.74, 6) is 0. The molecular weight excluding hydrogens is 292 g/mol. The largest absolute Gasteiger partial charge is 0.381 e. The van der Waals surface area contributed by atoms with E-state index in [9.17, 15) is 9.59 Å². The zero-order valence-corrected chi connectivity index (χ0v) is 13.4. The van der Waals surface area contributed by atoms with Crippen LogP contribution in [0.5, 0.6) is 0 Å². The molecule has 0 radical (unpaired) electrons. The van der Waals surface area contributed by atoms with Crippen LogP contribution in [0.3, 0.4) is 0 Å². The van der Waals surface area contributed by atoms with Crippen molar-refractivity contribution in [2.45, 2.75) is 19.4 Å². The molecule has 5 nitrogen and oxygen atoms in total. The highest BCUT2D eigenvalue weighted by Gasteiger charge is 2.33. The number of carbonyl (C=O) groups is 2. The Labute approximate surface area is 135 Å². The van der Waals surface area contributed by atoms with E-state index in [1.807, 2.05) is 25.2 Å². The molecule has 0 amide bonds. The maximum absolute atomic E-state index is 11.5. The molecule has 1 aromatic heterocycles. The first-order valence-electron chi connectivity index (χ1n) is 7.97. The molecule has 5 heteroatoms. The highest BCUT2D eigenvalue weighted by Crippen LogP contribution is 2.34. The van der Waals surface area contributed by atoms with Crippen molar-refractivity contribution in [2.75, 3.05) is 26.8 Å². The van der Waals surface area contributed by atoms with Crippen molar-refractivity contribution in [1.82, 2.24) is 9.88 Å². The van der Waals surface area contributed by atoms with Crippen molar-refractivity contribution in [1.29, 1.82) is 0 Å². The van der Waals surface area contributed by atoms with Gasteiger partial charge in [0.05, 0.1) is 5.69 Å². The minimum atomic E-state index is 0.0634. The lowest BCUT2D eigenvalue weighted by Gasteiger charge is -2.38. The quantitative estimate of drug-likeness (QED) is 0.831. The summed E-state index contributed by atoms with van der Waals surface area (Å²) in [4.78, 5) is 22.6. The predicted octanol–water partition coefficient (Wildman–Crippen LogP) is 2.28. The number of benzene rings is 1. The molecule has 1 saturated heterocycles. The van der Waals surface area contributed by atoms with Gasteiger partial charge >= 0.3 is 0 Å². The van der Waals surface area contributed by atoms with Gasteiger partial charge in [0.15, 0.2) is 6.29 Å². The van der Waals surface area contributed by atoms with Gasteiger partial charge in [-0.05, 0) is 32.0 Å². The van der Waals surface area contributed by atoms with Crippen LogP contribution in [0.25, 0.3) is 10.9 Å². The van der Waals surface area contributed by atoms with Crippen LogP contribution >= 0.6 is 0 Å². The number of rotatable bonds is 6. The Morgan fingerprint density at radius 3 is 2.65 bits per heavy atom. The van der Waals surface area contributed by atoms with Gasteiger partial charge in [-0.2, -0.15) is 0 Å². The highest BCUT2D eigenvalue weighted by molar-refractivity contribution is 5.92. The van der Waals surface area contributed by atoms with Gasteiger partial charge in [0.1, 0.15) is 6.29 Å². The normalized spacial score (nSPS) is 17.3. The van der Waals surface area contributed by atoms with Gasteiger partial charge in [0, 0.05) is 48.2 Å². The van der Waals surface area contributed by atoms with E-state index in [1.54, 1.807) is 6.07 Å². The van der Waals surface area contributed by atoms with Gasteiger partial charge < -0.3 is 14.6 Å². The fourth-order valence-corrected chi connectivity index (χ4v) is 3.55. The zero-order valence-electron chi connectivity index (χ0n) is 13.4. The van der Waals surface area contributed by atoms with Gasteiger partial charge in [-0.25, -0.2) is 0 Å². The Morgan fingerprint density at radius 1 is 1.22 bits per heavy atom. The minimum absolute atomic E-state index is 0.0634. The summed E-state index contributed by atoms with van der Waals surface area (Å²) in [5, 5.41) is 4.28. The van der Waals surface area contributed by atoms with E-state index in [4.69, 9.17) is 4.74 Å². The van der Waals surface area contributed by atoms with Crippen molar-refractivity contribution < 1.29 is 14.3 Å². The molecule has 0 bridgehead atoms. The van der Waals surface area contributed by atoms with Crippen molar-refractivity contribution in [3.8, 4) is 0 Å². The van der Waals surface area contributed by atoms with Crippen LogP contribution in [0.4, 0.5) is 0 Å². The summed E-state index contributed by atoms with van der Waals surface area (Å²) in [5.41, 5.74) is 2.29. The van der Waals surface area contributed by atoms with Crippen LogP contribution < -0.4 is 5.32 Å². The Balaban J connectivity index is 2.05. The topological polar surface area (TPSA) is 60.3 Å². The molecule has 23 heavy (non-hydrogen) atoms. The fraction of sp³-hybridized carbons (Fsp3) is 0.444. The van der Waals surface area contributed by atoms with Crippen molar-refractivity contribution in [2.24, 2.45) is 5.41 Å². The predicted molar refractivity (Wildman–Crippen MR) is 89.1 cm³/mol. The Bertz CT molecular complexity index is 709. The standard InChI is InChI=1S/C18H22N2O3/c1-19-12-18(4-6-23-7-5-18)13-20-16(11-22)9-15-3-2-14(10-21)8-17(15)20/h2-3,8-11,19H,4-7,12-13H2,1H3. The molecule has 0 atom stereocenters. The highest BCUT2D eigenvalue weighted by atomic mass is 16.5. The van der Waals surface area contributed by atoms with E-state index in [0.717, 1.165) is 62.6 Å². The first-order chi connectivity index (χ1) is 11.2. The van der Waals surface area contributed by atoms with E-state index >= 15 is 0 Å². The Hall–Kier alpha value is -1.98. The lowest BCUT2D eigenvalue weighted by Crippen LogP contribution is -2.41.